The summed E-state index contributed by atoms with van der Waals surface area (Å²) >= 11 is 0. The minimum Gasteiger partial charge on any atom is -0.490 e. The first-order chi connectivity index (χ1) is 8.77. The molecule has 1 aromatic carbocycles. The van der Waals surface area contributed by atoms with Crippen molar-refractivity contribution in [2.24, 2.45) is 5.73 Å². The predicted molar refractivity (Wildman–Crippen MR) is 69.4 cm³/mol. The highest BCUT2D eigenvalue weighted by molar-refractivity contribution is 5.98. The quantitative estimate of drug-likeness (QED) is 0.828. The van der Waals surface area contributed by atoms with Gasteiger partial charge in [0.05, 0.1) is 13.2 Å². The fraction of sp³-hybridized carbons (Fsp3) is 0.500. The molecule has 0 amide bonds. The van der Waals surface area contributed by atoms with E-state index in [9.17, 15) is 4.79 Å². The van der Waals surface area contributed by atoms with Crippen LogP contribution in [-0.2, 0) is 6.42 Å². The first kappa shape index (κ1) is 12.9. The summed E-state index contributed by atoms with van der Waals surface area (Å²) in [6.45, 7) is 3.68. The average Bonchev–Trinajstić information content (AvgIpc) is 2.62. The maximum atomic E-state index is 12.0. The Hall–Kier alpha value is -1.55. The Labute approximate surface area is 107 Å². The van der Waals surface area contributed by atoms with Gasteiger partial charge in [0.15, 0.2) is 17.3 Å². The zero-order chi connectivity index (χ0) is 13.0. The van der Waals surface area contributed by atoms with Crippen LogP contribution >= 0.6 is 0 Å². The fourth-order valence-electron chi connectivity index (χ4n) is 2.17. The van der Waals surface area contributed by atoms with Crippen LogP contribution in [0.5, 0.6) is 11.5 Å². The van der Waals surface area contributed by atoms with E-state index in [4.69, 9.17) is 15.2 Å². The van der Waals surface area contributed by atoms with Gasteiger partial charge in [0, 0.05) is 24.0 Å². The van der Waals surface area contributed by atoms with Crippen LogP contribution in [0, 0.1) is 0 Å². The molecule has 0 saturated carbocycles. The van der Waals surface area contributed by atoms with Crippen molar-refractivity contribution in [3.05, 3.63) is 23.3 Å². The zero-order valence-corrected chi connectivity index (χ0v) is 10.7. The second kappa shape index (κ2) is 5.87. The summed E-state index contributed by atoms with van der Waals surface area (Å²) in [6, 6.07) is 3.65. The molecule has 0 atom stereocenters. The molecule has 2 rings (SSSR count). The Morgan fingerprint density at radius 3 is 2.83 bits per heavy atom. The predicted octanol–water partition coefficient (Wildman–Crippen LogP) is 1.94. The van der Waals surface area contributed by atoms with Crippen molar-refractivity contribution in [1.29, 1.82) is 0 Å². The largest absolute Gasteiger partial charge is 0.490 e. The van der Waals surface area contributed by atoms with Gasteiger partial charge in [-0.15, -0.1) is 0 Å². The maximum Gasteiger partial charge on any atom is 0.165 e. The minimum absolute atomic E-state index is 0.0741. The van der Waals surface area contributed by atoms with Crippen LogP contribution in [0.25, 0.3) is 0 Å². The first-order valence-electron chi connectivity index (χ1n) is 6.42. The van der Waals surface area contributed by atoms with Crippen LogP contribution in [0.4, 0.5) is 0 Å². The molecule has 0 bridgehead atoms. The van der Waals surface area contributed by atoms with Crippen LogP contribution in [0.3, 0.4) is 0 Å². The molecule has 4 nitrogen and oxygen atoms in total. The van der Waals surface area contributed by atoms with Gasteiger partial charge < -0.3 is 15.2 Å². The fourth-order valence-corrected chi connectivity index (χ4v) is 2.17. The van der Waals surface area contributed by atoms with Gasteiger partial charge in [0.1, 0.15) is 0 Å². The third-order valence-corrected chi connectivity index (χ3v) is 3.04. The van der Waals surface area contributed by atoms with Crippen molar-refractivity contribution in [1.82, 2.24) is 0 Å². The molecular formula is C14H19NO3. The number of benzene rings is 1. The van der Waals surface area contributed by atoms with E-state index >= 15 is 0 Å². The van der Waals surface area contributed by atoms with Gasteiger partial charge in [0.2, 0.25) is 0 Å². The summed E-state index contributed by atoms with van der Waals surface area (Å²) in [4.78, 5) is 12.0. The number of ether oxygens (including phenoxy) is 2. The number of nitrogens with two attached hydrogens (primary N) is 1. The van der Waals surface area contributed by atoms with E-state index in [1.165, 1.54) is 0 Å². The first-order valence-corrected chi connectivity index (χ1v) is 6.42. The molecule has 0 radical (unpaired) electrons. The lowest BCUT2D eigenvalue weighted by Crippen LogP contribution is -2.11. The Balaban J connectivity index is 2.43. The molecule has 1 aliphatic heterocycles. The lowest BCUT2D eigenvalue weighted by Gasteiger charge is -2.15. The third-order valence-electron chi connectivity index (χ3n) is 3.04. The molecule has 0 aliphatic carbocycles. The molecule has 1 heterocycles. The molecule has 1 aliphatic rings. The number of hydrogen-bond acceptors (Lipinski definition) is 4. The van der Waals surface area contributed by atoms with Gasteiger partial charge in [-0.05, 0) is 25.1 Å². The molecule has 2 N–H and O–H groups in total. The van der Waals surface area contributed by atoms with E-state index in [2.05, 4.69) is 0 Å². The molecule has 18 heavy (non-hydrogen) atoms. The van der Waals surface area contributed by atoms with Gasteiger partial charge in [-0.25, -0.2) is 0 Å². The van der Waals surface area contributed by atoms with E-state index in [0.717, 1.165) is 29.9 Å². The van der Waals surface area contributed by atoms with Crippen molar-refractivity contribution >= 4 is 5.78 Å². The van der Waals surface area contributed by atoms with E-state index in [-0.39, 0.29) is 5.78 Å². The number of Topliss-reactive ketones (excluding diaryl/α,β-unsaturated/α-hetero) is 1. The van der Waals surface area contributed by atoms with Crippen molar-refractivity contribution in [2.75, 3.05) is 19.8 Å². The van der Waals surface area contributed by atoms with Crippen LogP contribution < -0.4 is 15.2 Å². The standard InChI is InChI=1S/C14H19NO3/c1-2-10-11(12(16)6-7-15)4-5-13-14(10)18-9-3-8-17-13/h4-5H,2-3,6-9,15H2,1H3. The topological polar surface area (TPSA) is 61.6 Å². The lowest BCUT2D eigenvalue weighted by molar-refractivity contribution is 0.0984. The summed E-state index contributed by atoms with van der Waals surface area (Å²) < 4.78 is 11.4. The number of carbonyl (C=O) groups excluding carboxylic acids is 1. The molecule has 0 saturated heterocycles. The maximum absolute atomic E-state index is 12.0. The summed E-state index contributed by atoms with van der Waals surface area (Å²) in [5, 5.41) is 0. The molecule has 98 valence electrons. The SMILES string of the molecule is CCc1c(C(=O)CCN)ccc2c1OCCCO2. The smallest absolute Gasteiger partial charge is 0.165 e. The Morgan fingerprint density at radius 2 is 2.11 bits per heavy atom. The molecule has 0 aromatic heterocycles. The van der Waals surface area contributed by atoms with Gasteiger partial charge >= 0.3 is 0 Å². The monoisotopic (exact) mass is 249 g/mol. The number of hydrogen-bond donors (Lipinski definition) is 1. The van der Waals surface area contributed by atoms with Crippen LogP contribution in [0.15, 0.2) is 12.1 Å². The molecule has 0 fully saturated rings. The Kier molecular flexibility index (Phi) is 4.20. The van der Waals surface area contributed by atoms with E-state index in [1.807, 2.05) is 19.1 Å². The summed E-state index contributed by atoms with van der Waals surface area (Å²) in [5.41, 5.74) is 7.10. The summed E-state index contributed by atoms with van der Waals surface area (Å²) in [5.74, 6) is 1.55. The second-order valence-electron chi connectivity index (χ2n) is 4.28. The number of ketones is 1. The van der Waals surface area contributed by atoms with Crippen LogP contribution in [0.2, 0.25) is 0 Å². The lowest BCUT2D eigenvalue weighted by atomic mass is 9.98. The van der Waals surface area contributed by atoms with Crippen molar-refractivity contribution < 1.29 is 14.3 Å². The van der Waals surface area contributed by atoms with Gasteiger partial charge in [-0.1, -0.05) is 6.92 Å². The van der Waals surface area contributed by atoms with E-state index in [0.29, 0.717) is 31.7 Å². The van der Waals surface area contributed by atoms with Crippen molar-refractivity contribution in [3.63, 3.8) is 0 Å². The second-order valence-corrected chi connectivity index (χ2v) is 4.28. The Morgan fingerprint density at radius 1 is 1.33 bits per heavy atom. The normalized spacial score (nSPS) is 14.1. The van der Waals surface area contributed by atoms with Gasteiger partial charge in [-0.2, -0.15) is 0 Å². The van der Waals surface area contributed by atoms with Crippen LogP contribution in [-0.4, -0.2) is 25.5 Å². The highest BCUT2D eigenvalue weighted by Crippen LogP contribution is 2.36. The van der Waals surface area contributed by atoms with Crippen molar-refractivity contribution in [3.8, 4) is 11.5 Å². The molecule has 4 heteroatoms. The number of rotatable bonds is 4. The minimum atomic E-state index is 0.0741. The molecule has 0 spiro atoms. The van der Waals surface area contributed by atoms with Crippen molar-refractivity contribution in [2.45, 2.75) is 26.2 Å². The third kappa shape index (κ3) is 2.48. The highest BCUT2D eigenvalue weighted by atomic mass is 16.5. The zero-order valence-electron chi connectivity index (χ0n) is 10.7. The van der Waals surface area contributed by atoms with E-state index < -0.39 is 0 Å². The van der Waals surface area contributed by atoms with Gasteiger partial charge in [0.25, 0.3) is 0 Å². The highest BCUT2D eigenvalue weighted by Gasteiger charge is 2.20. The number of fused-ring (bicyclic) bond motifs is 1. The molecule has 0 unspecified atom stereocenters. The van der Waals surface area contributed by atoms with E-state index in [1.54, 1.807) is 0 Å². The van der Waals surface area contributed by atoms with Gasteiger partial charge in [-0.3, -0.25) is 4.79 Å². The number of carbonyl (C=O) groups is 1. The Bertz CT molecular complexity index is 443. The summed E-state index contributed by atoms with van der Waals surface area (Å²) in [6.07, 6.45) is 1.98. The molecule has 1 aromatic rings. The van der Waals surface area contributed by atoms with Crippen LogP contribution in [0.1, 0.15) is 35.7 Å². The average molecular weight is 249 g/mol. The molecular weight excluding hydrogens is 230 g/mol. The summed E-state index contributed by atoms with van der Waals surface area (Å²) in [7, 11) is 0.